The molecule has 0 saturated heterocycles. The SMILES string of the molecule is COc1ccccc1C1=CC(=O)NC1=O. The summed E-state index contributed by atoms with van der Waals surface area (Å²) in [6, 6.07) is 7.07. The van der Waals surface area contributed by atoms with Crippen molar-refractivity contribution in [1.29, 1.82) is 0 Å². The highest BCUT2D eigenvalue weighted by Gasteiger charge is 2.24. The smallest absolute Gasteiger partial charge is 0.259 e. The fourth-order valence-corrected chi connectivity index (χ4v) is 1.48. The lowest BCUT2D eigenvalue weighted by Crippen LogP contribution is -2.21. The van der Waals surface area contributed by atoms with E-state index in [2.05, 4.69) is 5.32 Å². The zero-order valence-corrected chi connectivity index (χ0v) is 8.11. The van der Waals surface area contributed by atoms with Gasteiger partial charge in [0.05, 0.1) is 12.7 Å². The average molecular weight is 203 g/mol. The lowest BCUT2D eigenvalue weighted by atomic mass is 10.1. The first-order valence-corrected chi connectivity index (χ1v) is 4.43. The number of para-hydroxylation sites is 1. The van der Waals surface area contributed by atoms with Crippen LogP contribution >= 0.6 is 0 Å². The summed E-state index contributed by atoms with van der Waals surface area (Å²) in [5.41, 5.74) is 0.973. The Labute approximate surface area is 86.5 Å². The number of hydrogen-bond donors (Lipinski definition) is 1. The number of carbonyl (C=O) groups excluding carboxylic acids is 2. The maximum atomic E-state index is 11.4. The molecule has 4 nitrogen and oxygen atoms in total. The van der Waals surface area contributed by atoms with Gasteiger partial charge in [-0.1, -0.05) is 18.2 Å². The summed E-state index contributed by atoms with van der Waals surface area (Å²) in [5, 5.41) is 2.19. The molecule has 0 bridgehead atoms. The maximum Gasteiger partial charge on any atom is 0.259 e. The van der Waals surface area contributed by atoms with Crippen molar-refractivity contribution < 1.29 is 14.3 Å². The minimum Gasteiger partial charge on any atom is -0.496 e. The first-order valence-electron chi connectivity index (χ1n) is 4.43. The van der Waals surface area contributed by atoms with Crippen LogP contribution in [0.2, 0.25) is 0 Å². The molecule has 1 aliphatic rings. The van der Waals surface area contributed by atoms with Gasteiger partial charge >= 0.3 is 0 Å². The molecule has 0 aromatic heterocycles. The number of carbonyl (C=O) groups is 2. The molecule has 2 rings (SSSR count). The molecule has 4 heteroatoms. The Morgan fingerprint density at radius 2 is 1.93 bits per heavy atom. The van der Waals surface area contributed by atoms with E-state index < -0.39 is 0 Å². The highest BCUT2D eigenvalue weighted by atomic mass is 16.5. The van der Waals surface area contributed by atoms with E-state index in [9.17, 15) is 9.59 Å². The molecule has 1 N–H and O–H groups in total. The molecule has 1 aromatic rings. The van der Waals surface area contributed by atoms with E-state index in [4.69, 9.17) is 4.74 Å². The van der Waals surface area contributed by atoms with Crippen molar-refractivity contribution in [1.82, 2.24) is 5.32 Å². The van der Waals surface area contributed by atoms with Crippen LogP contribution < -0.4 is 10.1 Å². The number of benzene rings is 1. The van der Waals surface area contributed by atoms with E-state index in [0.29, 0.717) is 16.9 Å². The lowest BCUT2D eigenvalue weighted by molar-refractivity contribution is -0.123. The van der Waals surface area contributed by atoms with Crippen molar-refractivity contribution in [2.24, 2.45) is 0 Å². The van der Waals surface area contributed by atoms with Crippen LogP contribution in [0.5, 0.6) is 5.75 Å². The molecular formula is C11H9NO3. The van der Waals surface area contributed by atoms with Crippen molar-refractivity contribution in [2.75, 3.05) is 7.11 Å². The monoisotopic (exact) mass is 203 g/mol. The number of rotatable bonds is 2. The van der Waals surface area contributed by atoms with Gasteiger partial charge in [0.25, 0.3) is 11.8 Å². The Kier molecular flexibility index (Phi) is 2.25. The molecule has 0 saturated carbocycles. The predicted molar refractivity (Wildman–Crippen MR) is 54.1 cm³/mol. The zero-order chi connectivity index (χ0) is 10.8. The third-order valence-corrected chi connectivity index (χ3v) is 2.15. The minimum atomic E-state index is -0.388. The molecule has 76 valence electrons. The third kappa shape index (κ3) is 1.61. The van der Waals surface area contributed by atoms with E-state index in [1.54, 1.807) is 24.3 Å². The summed E-state index contributed by atoms with van der Waals surface area (Å²) in [5.74, 6) is -0.195. The van der Waals surface area contributed by atoms with Crippen LogP contribution in [0.15, 0.2) is 30.3 Å². The van der Waals surface area contributed by atoms with Gasteiger partial charge in [-0.25, -0.2) is 0 Å². The quantitative estimate of drug-likeness (QED) is 0.721. The standard InChI is InChI=1S/C11H9NO3/c1-15-9-5-3-2-4-7(9)8-6-10(13)12-11(8)14/h2-6H,1H3,(H,12,13,14). The summed E-state index contributed by atoms with van der Waals surface area (Å²) in [4.78, 5) is 22.4. The van der Waals surface area contributed by atoms with Crippen molar-refractivity contribution in [3.63, 3.8) is 0 Å². The normalized spacial score (nSPS) is 14.9. The number of nitrogens with one attached hydrogen (secondary N) is 1. The van der Waals surface area contributed by atoms with Gasteiger partial charge in [-0.2, -0.15) is 0 Å². The predicted octanol–water partition coefficient (Wildman–Crippen LogP) is 0.735. The van der Waals surface area contributed by atoms with Gasteiger partial charge in [0.1, 0.15) is 5.75 Å². The number of ether oxygens (including phenoxy) is 1. The molecule has 2 amide bonds. The van der Waals surface area contributed by atoms with E-state index >= 15 is 0 Å². The molecule has 0 radical (unpaired) electrons. The molecule has 0 unspecified atom stereocenters. The third-order valence-electron chi connectivity index (χ3n) is 2.15. The largest absolute Gasteiger partial charge is 0.496 e. The number of hydrogen-bond acceptors (Lipinski definition) is 3. The number of methoxy groups -OCH3 is 1. The first-order chi connectivity index (χ1) is 7.22. The highest BCUT2D eigenvalue weighted by molar-refractivity contribution is 6.33. The van der Waals surface area contributed by atoms with Gasteiger partial charge in [-0.15, -0.1) is 0 Å². The van der Waals surface area contributed by atoms with Gasteiger partial charge in [-0.05, 0) is 6.07 Å². The summed E-state index contributed by atoms with van der Waals surface area (Å²) >= 11 is 0. The molecule has 15 heavy (non-hydrogen) atoms. The van der Waals surface area contributed by atoms with Crippen LogP contribution in [0, 0.1) is 0 Å². The second-order valence-corrected chi connectivity index (χ2v) is 3.08. The van der Waals surface area contributed by atoms with E-state index in [1.807, 2.05) is 0 Å². The highest BCUT2D eigenvalue weighted by Crippen LogP contribution is 2.27. The molecule has 1 aromatic carbocycles. The summed E-state index contributed by atoms with van der Waals surface area (Å²) in [6.07, 6.45) is 1.28. The van der Waals surface area contributed by atoms with Crippen LogP contribution in [0.1, 0.15) is 5.56 Å². The van der Waals surface area contributed by atoms with Crippen molar-refractivity contribution in [3.05, 3.63) is 35.9 Å². The summed E-state index contributed by atoms with van der Waals surface area (Å²) in [6.45, 7) is 0. The van der Waals surface area contributed by atoms with Crippen LogP contribution in [0.3, 0.4) is 0 Å². The van der Waals surface area contributed by atoms with Crippen molar-refractivity contribution in [2.45, 2.75) is 0 Å². The van der Waals surface area contributed by atoms with Crippen LogP contribution in [-0.2, 0) is 9.59 Å². The van der Waals surface area contributed by atoms with Gasteiger partial charge in [-0.3, -0.25) is 14.9 Å². The van der Waals surface area contributed by atoms with Gasteiger partial charge in [0.2, 0.25) is 0 Å². The van der Waals surface area contributed by atoms with Crippen LogP contribution in [0.4, 0.5) is 0 Å². The number of imide groups is 1. The zero-order valence-electron chi connectivity index (χ0n) is 8.11. The van der Waals surface area contributed by atoms with Gasteiger partial charge in [0, 0.05) is 11.6 Å². The second-order valence-electron chi connectivity index (χ2n) is 3.08. The Morgan fingerprint density at radius 1 is 1.20 bits per heavy atom. The van der Waals surface area contributed by atoms with Crippen LogP contribution in [0.25, 0.3) is 5.57 Å². The van der Waals surface area contributed by atoms with E-state index in [0.717, 1.165) is 0 Å². The van der Waals surface area contributed by atoms with Crippen molar-refractivity contribution >= 4 is 17.4 Å². The molecule has 0 aliphatic carbocycles. The Hall–Kier alpha value is -2.10. The molecule has 0 atom stereocenters. The maximum absolute atomic E-state index is 11.4. The molecular weight excluding hydrogens is 194 g/mol. The summed E-state index contributed by atoms with van der Waals surface area (Å²) < 4.78 is 5.11. The minimum absolute atomic E-state index is 0.345. The number of amides is 2. The molecule has 1 heterocycles. The second kappa shape index (κ2) is 3.57. The molecule has 0 spiro atoms. The Morgan fingerprint density at radius 3 is 2.53 bits per heavy atom. The fourth-order valence-electron chi connectivity index (χ4n) is 1.48. The average Bonchev–Trinajstić information content (AvgIpc) is 2.57. The van der Waals surface area contributed by atoms with Crippen LogP contribution in [-0.4, -0.2) is 18.9 Å². The topological polar surface area (TPSA) is 55.4 Å². The molecule has 0 fully saturated rings. The van der Waals surface area contributed by atoms with E-state index in [-0.39, 0.29) is 11.8 Å². The van der Waals surface area contributed by atoms with Crippen molar-refractivity contribution in [3.8, 4) is 5.75 Å². The van der Waals surface area contributed by atoms with E-state index in [1.165, 1.54) is 13.2 Å². The molecule has 1 aliphatic heterocycles. The fraction of sp³-hybridized carbons (Fsp3) is 0.0909. The summed E-state index contributed by atoms with van der Waals surface area (Å²) in [7, 11) is 1.52. The Balaban J connectivity index is 2.50. The lowest BCUT2D eigenvalue weighted by Gasteiger charge is -2.06. The van der Waals surface area contributed by atoms with Gasteiger partial charge < -0.3 is 4.74 Å². The Bertz CT molecular complexity index is 463. The van der Waals surface area contributed by atoms with Gasteiger partial charge in [0.15, 0.2) is 0 Å². The first kappa shape index (κ1) is 9.45.